The van der Waals surface area contributed by atoms with Crippen LogP contribution in [0.5, 0.6) is 5.75 Å². The zero-order valence-corrected chi connectivity index (χ0v) is 10.9. The smallest absolute Gasteiger partial charge is 0.262 e. The van der Waals surface area contributed by atoms with E-state index in [4.69, 9.17) is 10.5 Å². The van der Waals surface area contributed by atoms with Crippen LogP contribution in [0, 0.1) is 6.92 Å². The molecule has 0 radical (unpaired) electrons. The highest BCUT2D eigenvalue weighted by Gasteiger charge is 2.18. The number of nitrogens with one attached hydrogen (secondary N) is 2. The quantitative estimate of drug-likeness (QED) is 0.712. The fraction of sp³-hybridized carbons (Fsp3) is 0.182. The van der Waals surface area contributed by atoms with Crippen molar-refractivity contribution in [3.63, 3.8) is 0 Å². The lowest BCUT2D eigenvalue weighted by Crippen LogP contribution is -2.25. The molecular formula is C11H11N5O2S. The van der Waals surface area contributed by atoms with Crippen LogP contribution < -0.4 is 15.8 Å². The van der Waals surface area contributed by atoms with Crippen molar-refractivity contribution in [1.29, 1.82) is 0 Å². The predicted molar refractivity (Wildman–Crippen MR) is 70.2 cm³/mol. The average molecular weight is 277 g/mol. The minimum atomic E-state index is -0.179. The number of carbonyl (C=O) groups is 1. The summed E-state index contributed by atoms with van der Waals surface area (Å²) in [5, 5.41) is 10.1. The number of hydrogen-bond acceptors (Lipinski definition) is 6. The highest BCUT2D eigenvalue weighted by molar-refractivity contribution is 7.99. The molecule has 8 heteroatoms. The Bertz CT molecular complexity index is 655. The molecule has 0 saturated heterocycles. The normalized spacial score (nSPS) is 13.6. The zero-order valence-electron chi connectivity index (χ0n) is 10.1. The summed E-state index contributed by atoms with van der Waals surface area (Å²) in [6.07, 6.45) is 0. The van der Waals surface area contributed by atoms with Gasteiger partial charge >= 0.3 is 0 Å². The van der Waals surface area contributed by atoms with Gasteiger partial charge in [-0.15, -0.1) is 5.10 Å². The van der Waals surface area contributed by atoms with Crippen LogP contribution in [0.15, 0.2) is 22.2 Å². The number of carbonyl (C=O) groups excluding carboxylic acids is 1. The molecule has 98 valence electrons. The number of ether oxygens (including phenoxy) is 1. The number of fused-ring (bicyclic) bond motifs is 1. The molecule has 0 fully saturated rings. The van der Waals surface area contributed by atoms with Crippen molar-refractivity contribution in [2.45, 2.75) is 17.0 Å². The van der Waals surface area contributed by atoms with Gasteiger partial charge in [0, 0.05) is 16.6 Å². The Morgan fingerprint density at radius 1 is 1.47 bits per heavy atom. The Hall–Kier alpha value is -2.22. The van der Waals surface area contributed by atoms with Crippen molar-refractivity contribution in [3.05, 3.63) is 18.0 Å². The van der Waals surface area contributed by atoms with Gasteiger partial charge < -0.3 is 15.8 Å². The second-order valence-corrected chi connectivity index (χ2v) is 5.04. The number of H-pyrrole nitrogens is 1. The van der Waals surface area contributed by atoms with E-state index in [2.05, 4.69) is 20.5 Å². The van der Waals surface area contributed by atoms with Crippen molar-refractivity contribution in [1.82, 2.24) is 15.2 Å². The number of rotatable bonds is 2. The van der Waals surface area contributed by atoms with Crippen molar-refractivity contribution in [2.24, 2.45) is 0 Å². The van der Waals surface area contributed by atoms with Gasteiger partial charge in [-0.2, -0.15) is 0 Å². The average Bonchev–Trinajstić information content (AvgIpc) is 2.76. The molecule has 2 heterocycles. The number of aromatic nitrogens is 3. The van der Waals surface area contributed by atoms with Gasteiger partial charge in [-0.3, -0.25) is 9.89 Å². The fourth-order valence-corrected chi connectivity index (χ4v) is 2.50. The molecule has 0 unspecified atom stereocenters. The third-order valence-electron chi connectivity index (χ3n) is 2.52. The summed E-state index contributed by atoms with van der Waals surface area (Å²) in [4.78, 5) is 16.2. The highest BCUT2D eigenvalue weighted by Crippen LogP contribution is 2.38. The lowest BCUT2D eigenvalue weighted by atomic mass is 10.2. The van der Waals surface area contributed by atoms with Gasteiger partial charge in [0.2, 0.25) is 5.16 Å². The van der Waals surface area contributed by atoms with Crippen LogP contribution in [0.4, 0.5) is 11.4 Å². The first-order valence-electron chi connectivity index (χ1n) is 5.55. The molecule has 0 spiro atoms. The van der Waals surface area contributed by atoms with Gasteiger partial charge in [0.25, 0.3) is 5.91 Å². The number of anilines is 2. The van der Waals surface area contributed by atoms with Gasteiger partial charge in [0.05, 0.1) is 5.69 Å². The maximum absolute atomic E-state index is 11.3. The summed E-state index contributed by atoms with van der Waals surface area (Å²) in [6.45, 7) is 1.83. The molecule has 0 atom stereocenters. The molecule has 0 bridgehead atoms. The first-order valence-corrected chi connectivity index (χ1v) is 6.36. The number of hydrogen-bond donors (Lipinski definition) is 3. The van der Waals surface area contributed by atoms with E-state index in [0.29, 0.717) is 22.3 Å². The van der Waals surface area contributed by atoms with E-state index in [1.165, 1.54) is 11.8 Å². The van der Waals surface area contributed by atoms with Gasteiger partial charge in [-0.1, -0.05) is 0 Å². The first kappa shape index (κ1) is 11.8. The molecule has 2 aromatic rings. The Morgan fingerprint density at radius 3 is 3.05 bits per heavy atom. The van der Waals surface area contributed by atoms with Crippen molar-refractivity contribution in [2.75, 3.05) is 17.7 Å². The second kappa shape index (κ2) is 4.47. The van der Waals surface area contributed by atoms with Crippen molar-refractivity contribution < 1.29 is 9.53 Å². The molecule has 1 aliphatic heterocycles. The monoisotopic (exact) mass is 277 g/mol. The number of nitrogens with zero attached hydrogens (tertiary/aromatic N) is 2. The lowest BCUT2D eigenvalue weighted by molar-refractivity contribution is -0.118. The number of aryl methyl sites for hydroxylation is 1. The molecule has 1 aromatic heterocycles. The Kier molecular flexibility index (Phi) is 2.79. The largest absolute Gasteiger partial charge is 0.482 e. The fourth-order valence-electron chi connectivity index (χ4n) is 1.68. The van der Waals surface area contributed by atoms with Gasteiger partial charge in [0.1, 0.15) is 11.6 Å². The minimum Gasteiger partial charge on any atom is -0.482 e. The number of benzene rings is 1. The Labute approximate surface area is 112 Å². The van der Waals surface area contributed by atoms with Crippen LogP contribution in [-0.2, 0) is 4.79 Å². The standard InChI is InChI=1S/C11H11N5O2S/c1-5-13-11(16-15-5)19-9-3-7-8(2-6(9)12)18-4-10(17)14-7/h2-3H,4,12H2,1H3,(H,14,17)(H,13,15,16). The summed E-state index contributed by atoms with van der Waals surface area (Å²) in [5.41, 5.74) is 7.12. The minimum absolute atomic E-state index is 0.0129. The van der Waals surface area contributed by atoms with Crippen LogP contribution in [0.1, 0.15) is 5.82 Å². The molecule has 4 N–H and O–H groups in total. The van der Waals surface area contributed by atoms with Gasteiger partial charge in [-0.05, 0) is 24.8 Å². The van der Waals surface area contributed by atoms with Crippen LogP contribution in [-0.4, -0.2) is 27.7 Å². The second-order valence-electron chi connectivity index (χ2n) is 4.03. The van der Waals surface area contributed by atoms with E-state index >= 15 is 0 Å². The van der Waals surface area contributed by atoms with Crippen molar-refractivity contribution in [3.8, 4) is 5.75 Å². The maximum atomic E-state index is 11.3. The highest BCUT2D eigenvalue weighted by atomic mass is 32.2. The Balaban J connectivity index is 1.93. The van der Waals surface area contributed by atoms with Gasteiger partial charge in [-0.25, -0.2) is 4.98 Å². The summed E-state index contributed by atoms with van der Waals surface area (Å²) in [5.74, 6) is 1.13. The molecule has 0 saturated carbocycles. The van der Waals surface area contributed by atoms with Crippen LogP contribution in [0.3, 0.4) is 0 Å². The van der Waals surface area contributed by atoms with Crippen LogP contribution >= 0.6 is 11.8 Å². The summed E-state index contributed by atoms with van der Waals surface area (Å²) < 4.78 is 5.29. The molecular weight excluding hydrogens is 266 g/mol. The van der Waals surface area contributed by atoms with E-state index < -0.39 is 0 Å². The van der Waals surface area contributed by atoms with E-state index in [0.717, 1.165) is 10.7 Å². The van der Waals surface area contributed by atoms with E-state index in [1.54, 1.807) is 12.1 Å². The lowest BCUT2D eigenvalue weighted by Gasteiger charge is -2.19. The molecule has 0 aliphatic carbocycles. The summed E-state index contributed by atoms with van der Waals surface area (Å²) >= 11 is 1.32. The van der Waals surface area contributed by atoms with Crippen LogP contribution in [0.2, 0.25) is 0 Å². The predicted octanol–water partition coefficient (Wildman–Crippen LogP) is 1.18. The number of nitrogens with two attached hydrogens (primary N) is 1. The molecule has 1 aliphatic rings. The third-order valence-corrected chi connectivity index (χ3v) is 3.46. The number of amides is 1. The molecule has 7 nitrogen and oxygen atoms in total. The topological polar surface area (TPSA) is 106 Å². The van der Waals surface area contributed by atoms with Gasteiger partial charge in [0.15, 0.2) is 6.61 Å². The zero-order chi connectivity index (χ0) is 13.4. The number of aromatic amines is 1. The molecule has 1 aromatic carbocycles. The van der Waals surface area contributed by atoms with Crippen molar-refractivity contribution >= 4 is 29.0 Å². The van der Waals surface area contributed by atoms with E-state index in [1.807, 2.05) is 6.92 Å². The maximum Gasteiger partial charge on any atom is 0.262 e. The summed E-state index contributed by atoms with van der Waals surface area (Å²) in [6, 6.07) is 3.45. The molecule has 3 rings (SSSR count). The van der Waals surface area contributed by atoms with E-state index in [-0.39, 0.29) is 12.5 Å². The van der Waals surface area contributed by atoms with E-state index in [9.17, 15) is 4.79 Å². The Morgan fingerprint density at radius 2 is 2.32 bits per heavy atom. The SMILES string of the molecule is Cc1nc(Sc2cc3c(cc2N)OCC(=O)N3)n[nH]1. The molecule has 19 heavy (non-hydrogen) atoms. The summed E-state index contributed by atoms with van der Waals surface area (Å²) in [7, 11) is 0. The first-order chi connectivity index (χ1) is 9.11. The number of nitrogen functional groups attached to an aromatic ring is 1. The van der Waals surface area contributed by atoms with Crippen LogP contribution in [0.25, 0.3) is 0 Å². The molecule has 1 amide bonds. The third kappa shape index (κ3) is 2.34.